The SMILES string of the molecule is C1CCNC1.C1CCNCC1.CN1CCNCC1. The Morgan fingerprint density at radius 1 is 0.556 bits per heavy atom. The molecular formula is C14H32N4. The van der Waals surface area contributed by atoms with Crippen LogP contribution in [0, 0.1) is 0 Å². The number of hydrogen-bond acceptors (Lipinski definition) is 4. The van der Waals surface area contributed by atoms with E-state index in [1.807, 2.05) is 0 Å². The van der Waals surface area contributed by atoms with E-state index in [1.165, 1.54) is 71.4 Å². The van der Waals surface area contributed by atoms with Crippen molar-refractivity contribution >= 4 is 0 Å². The molecule has 18 heavy (non-hydrogen) atoms. The fraction of sp³-hybridized carbons (Fsp3) is 1.00. The van der Waals surface area contributed by atoms with Crippen molar-refractivity contribution in [3.63, 3.8) is 0 Å². The van der Waals surface area contributed by atoms with Gasteiger partial charge in [0.2, 0.25) is 0 Å². The Balaban J connectivity index is 0.000000137. The minimum atomic E-state index is 1.16. The molecule has 0 amide bonds. The van der Waals surface area contributed by atoms with E-state index < -0.39 is 0 Å². The molecule has 3 rings (SSSR count). The summed E-state index contributed by atoms with van der Waals surface area (Å²) in [5, 5.41) is 9.78. The molecule has 0 aromatic heterocycles. The van der Waals surface area contributed by atoms with Crippen molar-refractivity contribution in [1.82, 2.24) is 20.9 Å². The van der Waals surface area contributed by atoms with Gasteiger partial charge in [0, 0.05) is 26.2 Å². The second-order valence-electron chi connectivity index (χ2n) is 5.32. The maximum absolute atomic E-state index is 3.28. The van der Waals surface area contributed by atoms with Gasteiger partial charge in [0.05, 0.1) is 0 Å². The molecule has 0 spiro atoms. The Labute approximate surface area is 113 Å². The molecule has 0 aliphatic carbocycles. The van der Waals surface area contributed by atoms with Gasteiger partial charge in [0.1, 0.15) is 0 Å². The van der Waals surface area contributed by atoms with Gasteiger partial charge >= 0.3 is 0 Å². The summed E-state index contributed by atoms with van der Waals surface area (Å²) in [4.78, 5) is 2.33. The average Bonchev–Trinajstić information content (AvgIpc) is 3.01. The summed E-state index contributed by atoms with van der Waals surface area (Å²) >= 11 is 0. The molecular weight excluding hydrogens is 224 g/mol. The highest BCUT2D eigenvalue weighted by molar-refractivity contribution is 4.62. The fourth-order valence-electron chi connectivity index (χ4n) is 2.20. The molecule has 4 nitrogen and oxygen atoms in total. The molecule has 0 saturated carbocycles. The lowest BCUT2D eigenvalue weighted by Gasteiger charge is -2.21. The molecule has 3 N–H and O–H groups in total. The Morgan fingerprint density at radius 3 is 1.17 bits per heavy atom. The van der Waals surface area contributed by atoms with Crippen LogP contribution in [0.4, 0.5) is 0 Å². The monoisotopic (exact) mass is 256 g/mol. The highest BCUT2D eigenvalue weighted by Crippen LogP contribution is 1.96. The summed E-state index contributed by atoms with van der Waals surface area (Å²) in [5.74, 6) is 0. The zero-order valence-electron chi connectivity index (χ0n) is 12.1. The predicted molar refractivity (Wildman–Crippen MR) is 79.2 cm³/mol. The van der Waals surface area contributed by atoms with Crippen LogP contribution in [0.25, 0.3) is 0 Å². The third-order valence-corrected chi connectivity index (χ3v) is 3.50. The van der Waals surface area contributed by atoms with E-state index in [-0.39, 0.29) is 0 Å². The van der Waals surface area contributed by atoms with E-state index in [4.69, 9.17) is 0 Å². The first kappa shape index (κ1) is 15.9. The third-order valence-electron chi connectivity index (χ3n) is 3.50. The van der Waals surface area contributed by atoms with Crippen molar-refractivity contribution in [2.75, 3.05) is 59.4 Å². The largest absolute Gasteiger partial charge is 0.317 e. The zero-order valence-corrected chi connectivity index (χ0v) is 12.1. The number of likely N-dealkylation sites (N-methyl/N-ethyl adjacent to an activating group) is 1. The van der Waals surface area contributed by atoms with Gasteiger partial charge in [-0.25, -0.2) is 0 Å². The highest BCUT2D eigenvalue weighted by Gasteiger charge is 2.01. The molecule has 0 radical (unpaired) electrons. The molecule has 0 unspecified atom stereocenters. The smallest absolute Gasteiger partial charge is 0.0104 e. The van der Waals surface area contributed by atoms with Crippen LogP contribution in [-0.4, -0.2) is 64.3 Å². The molecule has 0 atom stereocenters. The van der Waals surface area contributed by atoms with Crippen molar-refractivity contribution < 1.29 is 0 Å². The maximum Gasteiger partial charge on any atom is 0.0104 e. The topological polar surface area (TPSA) is 39.3 Å². The van der Waals surface area contributed by atoms with Crippen molar-refractivity contribution in [2.24, 2.45) is 0 Å². The van der Waals surface area contributed by atoms with Gasteiger partial charge < -0.3 is 20.9 Å². The number of rotatable bonds is 0. The van der Waals surface area contributed by atoms with Crippen LogP contribution in [0.1, 0.15) is 32.1 Å². The van der Waals surface area contributed by atoms with Gasteiger partial charge in [-0.15, -0.1) is 0 Å². The van der Waals surface area contributed by atoms with Crippen LogP contribution < -0.4 is 16.0 Å². The summed E-state index contributed by atoms with van der Waals surface area (Å²) in [6.45, 7) is 9.74. The van der Waals surface area contributed by atoms with Gasteiger partial charge in [-0.05, 0) is 58.9 Å². The van der Waals surface area contributed by atoms with E-state index in [0.717, 1.165) is 13.1 Å². The lowest BCUT2D eigenvalue weighted by Crippen LogP contribution is -2.40. The molecule has 3 saturated heterocycles. The van der Waals surface area contributed by atoms with Gasteiger partial charge in [0.15, 0.2) is 0 Å². The maximum atomic E-state index is 3.28. The molecule has 4 heteroatoms. The van der Waals surface area contributed by atoms with Crippen molar-refractivity contribution in [3.05, 3.63) is 0 Å². The first-order chi connectivity index (χ1) is 8.89. The molecule has 3 heterocycles. The Kier molecular flexibility index (Phi) is 10.5. The Morgan fingerprint density at radius 2 is 0.944 bits per heavy atom. The van der Waals surface area contributed by atoms with E-state index >= 15 is 0 Å². The minimum Gasteiger partial charge on any atom is -0.317 e. The second kappa shape index (κ2) is 11.9. The predicted octanol–water partition coefficient (Wildman–Crippen LogP) is 0.651. The first-order valence-electron chi connectivity index (χ1n) is 7.70. The summed E-state index contributed by atoms with van der Waals surface area (Å²) < 4.78 is 0. The van der Waals surface area contributed by atoms with Gasteiger partial charge in [-0.2, -0.15) is 0 Å². The molecule has 0 aromatic rings. The normalized spacial score (nSPS) is 24.5. The van der Waals surface area contributed by atoms with Crippen molar-refractivity contribution in [1.29, 1.82) is 0 Å². The first-order valence-corrected chi connectivity index (χ1v) is 7.70. The average molecular weight is 256 g/mol. The lowest BCUT2D eigenvalue weighted by molar-refractivity contribution is 0.291. The van der Waals surface area contributed by atoms with Crippen LogP contribution >= 0.6 is 0 Å². The molecule has 0 aromatic carbocycles. The van der Waals surface area contributed by atoms with Crippen LogP contribution in [-0.2, 0) is 0 Å². The summed E-state index contributed by atoms with van der Waals surface area (Å²) in [5.41, 5.74) is 0. The molecule has 0 bridgehead atoms. The van der Waals surface area contributed by atoms with Crippen LogP contribution in [0.15, 0.2) is 0 Å². The zero-order chi connectivity index (χ0) is 12.9. The van der Waals surface area contributed by atoms with Crippen molar-refractivity contribution in [3.8, 4) is 0 Å². The number of hydrogen-bond donors (Lipinski definition) is 3. The number of nitrogens with zero attached hydrogens (tertiary/aromatic N) is 1. The summed E-state index contributed by atoms with van der Waals surface area (Å²) in [6, 6.07) is 0. The standard InChI is InChI=1S/C5H12N2.C5H11N.C4H9N/c1-7-4-2-6-3-5-7;1-2-4-6-5-3-1;1-2-4-5-3-1/h6H,2-5H2,1H3;6H,1-5H2;5H,1-4H2. The van der Waals surface area contributed by atoms with Crippen molar-refractivity contribution in [2.45, 2.75) is 32.1 Å². The minimum absolute atomic E-state index is 1.16. The molecule has 108 valence electrons. The van der Waals surface area contributed by atoms with E-state index in [0.29, 0.717) is 0 Å². The van der Waals surface area contributed by atoms with E-state index in [1.54, 1.807) is 0 Å². The van der Waals surface area contributed by atoms with E-state index in [9.17, 15) is 0 Å². The quantitative estimate of drug-likeness (QED) is 0.595. The Bertz CT molecular complexity index is 142. The number of nitrogens with one attached hydrogen (secondary N) is 3. The fourth-order valence-corrected chi connectivity index (χ4v) is 2.20. The van der Waals surface area contributed by atoms with Crippen LogP contribution in [0.5, 0.6) is 0 Å². The third kappa shape index (κ3) is 9.83. The number of piperidine rings is 1. The highest BCUT2D eigenvalue weighted by atomic mass is 15.2. The van der Waals surface area contributed by atoms with E-state index in [2.05, 4.69) is 27.9 Å². The van der Waals surface area contributed by atoms with Crippen LogP contribution in [0.2, 0.25) is 0 Å². The van der Waals surface area contributed by atoms with Gasteiger partial charge in [-0.1, -0.05) is 6.42 Å². The molecule has 3 aliphatic rings. The number of piperazine rings is 1. The van der Waals surface area contributed by atoms with Gasteiger partial charge in [-0.3, -0.25) is 0 Å². The molecule has 3 aliphatic heterocycles. The Hall–Kier alpha value is -0.160. The summed E-state index contributed by atoms with van der Waals surface area (Å²) in [7, 11) is 2.15. The summed E-state index contributed by atoms with van der Waals surface area (Å²) in [6.07, 6.45) is 6.99. The van der Waals surface area contributed by atoms with Crippen LogP contribution in [0.3, 0.4) is 0 Å². The van der Waals surface area contributed by atoms with Gasteiger partial charge in [0.25, 0.3) is 0 Å². The molecule has 3 fully saturated rings. The lowest BCUT2D eigenvalue weighted by atomic mass is 10.2. The second-order valence-corrected chi connectivity index (χ2v) is 5.32.